The van der Waals surface area contributed by atoms with Gasteiger partial charge in [-0.25, -0.2) is 4.79 Å². The van der Waals surface area contributed by atoms with E-state index in [4.69, 9.17) is 4.74 Å². The molecule has 0 heterocycles. The largest absolute Gasteiger partial charge is 0.444 e. The van der Waals surface area contributed by atoms with Crippen LogP contribution in [-0.2, 0) is 14.3 Å². The van der Waals surface area contributed by atoms with Gasteiger partial charge in [-0.15, -0.1) is 0 Å². The van der Waals surface area contributed by atoms with E-state index in [-0.39, 0.29) is 0 Å². The van der Waals surface area contributed by atoms with E-state index >= 15 is 0 Å². The van der Waals surface area contributed by atoms with Gasteiger partial charge < -0.3 is 25.8 Å². The molecule has 1 rings (SSSR count). The van der Waals surface area contributed by atoms with Crippen molar-refractivity contribution in [3.8, 4) is 0 Å². The van der Waals surface area contributed by atoms with Gasteiger partial charge in [0.2, 0.25) is 5.91 Å². The fourth-order valence-corrected chi connectivity index (χ4v) is 3.17. The molecule has 13 heteroatoms. The number of carbonyl (C=O) groups excluding carboxylic acids is 3. The van der Waals surface area contributed by atoms with Gasteiger partial charge in [-0.1, -0.05) is 38.2 Å². The predicted molar refractivity (Wildman–Crippen MR) is 116 cm³/mol. The van der Waals surface area contributed by atoms with Crippen molar-refractivity contribution in [2.75, 3.05) is 6.54 Å². The van der Waals surface area contributed by atoms with Gasteiger partial charge in [0, 0.05) is 5.92 Å². The summed E-state index contributed by atoms with van der Waals surface area (Å²) in [5.41, 5.74) is -0.893. The van der Waals surface area contributed by atoms with Gasteiger partial charge in [-0.2, -0.15) is 22.0 Å². The number of halogens is 5. The molecule has 1 unspecified atom stereocenters. The first-order chi connectivity index (χ1) is 15.8. The molecule has 0 bridgehead atoms. The Kier molecular flexibility index (Phi) is 10.2. The summed E-state index contributed by atoms with van der Waals surface area (Å²) in [5, 5.41) is 15.9. The standard InChI is InChI=1S/C22H32F5N3O5/c1-12(2)14(16(31)22(26,27)18(33)28-11-21(23,24)25)29-17(32)15(13-9-7-6-8-10-13)30-19(34)35-20(3,4)5/h6-9,12-16,31H,10-11H2,1-5H3,(H,28,33)(H,29,32)(H,30,34)/t13?,14-,15-,16+/m0/s1. The summed E-state index contributed by atoms with van der Waals surface area (Å²) in [5.74, 6) is -9.42. The van der Waals surface area contributed by atoms with Crippen LogP contribution in [0.4, 0.5) is 26.7 Å². The lowest BCUT2D eigenvalue weighted by Crippen LogP contribution is -2.62. The van der Waals surface area contributed by atoms with Crippen molar-refractivity contribution in [3.05, 3.63) is 24.3 Å². The second kappa shape index (κ2) is 11.8. The lowest BCUT2D eigenvalue weighted by atomic mass is 9.90. The van der Waals surface area contributed by atoms with Gasteiger partial charge >= 0.3 is 18.2 Å². The molecule has 200 valence electrons. The van der Waals surface area contributed by atoms with Crippen LogP contribution < -0.4 is 16.0 Å². The van der Waals surface area contributed by atoms with Gasteiger partial charge in [-0.05, 0) is 33.1 Å². The van der Waals surface area contributed by atoms with Crippen LogP contribution in [0.15, 0.2) is 24.3 Å². The number of alkyl carbamates (subject to hydrolysis) is 1. The molecule has 0 aromatic heterocycles. The van der Waals surface area contributed by atoms with Gasteiger partial charge in [0.1, 0.15) is 24.3 Å². The summed E-state index contributed by atoms with van der Waals surface area (Å²) in [6.45, 7) is 5.50. The highest BCUT2D eigenvalue weighted by Gasteiger charge is 2.52. The minimum Gasteiger partial charge on any atom is -0.444 e. The van der Waals surface area contributed by atoms with Crippen molar-refractivity contribution in [3.63, 3.8) is 0 Å². The summed E-state index contributed by atoms with van der Waals surface area (Å²) in [7, 11) is 0. The van der Waals surface area contributed by atoms with Crippen molar-refractivity contribution in [1.82, 2.24) is 16.0 Å². The van der Waals surface area contributed by atoms with Gasteiger partial charge in [0.05, 0.1) is 6.04 Å². The highest BCUT2D eigenvalue weighted by atomic mass is 19.4. The van der Waals surface area contributed by atoms with Gasteiger partial charge in [-0.3, -0.25) is 9.59 Å². The molecule has 0 aromatic carbocycles. The molecule has 0 saturated heterocycles. The molecule has 4 atom stereocenters. The maximum absolute atomic E-state index is 14.5. The first kappa shape index (κ1) is 30.3. The number of rotatable bonds is 9. The molecule has 4 N–H and O–H groups in total. The Balaban J connectivity index is 3.09. The quantitative estimate of drug-likeness (QED) is 0.354. The number of alkyl halides is 5. The van der Waals surface area contributed by atoms with Crippen molar-refractivity contribution < 1.29 is 46.2 Å². The van der Waals surface area contributed by atoms with Crippen LogP contribution in [0.25, 0.3) is 0 Å². The first-order valence-electron chi connectivity index (χ1n) is 10.9. The van der Waals surface area contributed by atoms with Crippen molar-refractivity contribution in [1.29, 1.82) is 0 Å². The van der Waals surface area contributed by atoms with Crippen LogP contribution >= 0.6 is 0 Å². The number of hydrogen-bond donors (Lipinski definition) is 4. The molecule has 8 nitrogen and oxygen atoms in total. The number of aliphatic hydroxyl groups excluding tert-OH is 1. The molecule has 35 heavy (non-hydrogen) atoms. The third-order valence-corrected chi connectivity index (χ3v) is 4.89. The second-order valence-corrected chi connectivity index (χ2v) is 9.48. The van der Waals surface area contributed by atoms with Crippen LogP contribution in [0.1, 0.15) is 41.0 Å². The second-order valence-electron chi connectivity index (χ2n) is 9.48. The number of nitrogens with one attached hydrogen (secondary N) is 3. The fraction of sp³-hybridized carbons (Fsp3) is 0.682. The molecule has 0 aromatic rings. The van der Waals surface area contributed by atoms with E-state index in [2.05, 4.69) is 10.6 Å². The van der Waals surface area contributed by atoms with Crippen LogP contribution in [0, 0.1) is 11.8 Å². The highest BCUT2D eigenvalue weighted by Crippen LogP contribution is 2.26. The van der Waals surface area contributed by atoms with E-state index in [1.807, 2.05) is 0 Å². The SMILES string of the molecule is CC(C)[C@H](NC(=O)[C@@H](NC(=O)OC(C)(C)C)C1C=CC=CC1)[C@@H](O)C(F)(F)C(=O)NCC(F)(F)F. The first-order valence-corrected chi connectivity index (χ1v) is 10.9. The number of amides is 3. The third kappa shape index (κ3) is 9.82. The predicted octanol–water partition coefficient (Wildman–Crippen LogP) is 2.83. The topological polar surface area (TPSA) is 117 Å². The Bertz CT molecular complexity index is 821. The van der Waals surface area contributed by atoms with E-state index in [1.165, 1.54) is 13.8 Å². The fourth-order valence-electron chi connectivity index (χ4n) is 3.17. The average molecular weight is 514 g/mol. The smallest absolute Gasteiger partial charge is 0.408 e. The van der Waals surface area contributed by atoms with E-state index in [0.29, 0.717) is 6.42 Å². The molecule has 0 fully saturated rings. The number of hydrogen-bond acceptors (Lipinski definition) is 5. The van der Waals surface area contributed by atoms with E-state index < -0.39 is 72.2 Å². The average Bonchev–Trinajstić information content (AvgIpc) is 2.71. The summed E-state index contributed by atoms with van der Waals surface area (Å²) in [6, 6.07) is -3.05. The lowest BCUT2D eigenvalue weighted by molar-refractivity contribution is -0.175. The highest BCUT2D eigenvalue weighted by molar-refractivity contribution is 5.87. The number of ether oxygens (including phenoxy) is 1. The third-order valence-electron chi connectivity index (χ3n) is 4.89. The molecule has 0 aliphatic heterocycles. The van der Waals surface area contributed by atoms with Crippen molar-refractivity contribution in [2.45, 2.75) is 76.9 Å². The van der Waals surface area contributed by atoms with Gasteiger partial charge in [0.15, 0.2) is 0 Å². The monoisotopic (exact) mass is 513 g/mol. The Morgan fingerprint density at radius 1 is 1.06 bits per heavy atom. The zero-order valence-electron chi connectivity index (χ0n) is 20.1. The Hall–Kier alpha value is -2.70. The maximum Gasteiger partial charge on any atom is 0.408 e. The molecule has 0 spiro atoms. The van der Waals surface area contributed by atoms with Crippen molar-refractivity contribution >= 4 is 17.9 Å². The number of aliphatic hydroxyl groups is 1. The zero-order chi connectivity index (χ0) is 27.2. The van der Waals surface area contributed by atoms with Crippen LogP contribution in [-0.4, -0.2) is 65.4 Å². The van der Waals surface area contributed by atoms with Crippen LogP contribution in [0.2, 0.25) is 0 Å². The van der Waals surface area contributed by atoms with Crippen LogP contribution in [0.3, 0.4) is 0 Å². The zero-order valence-corrected chi connectivity index (χ0v) is 20.1. The minimum absolute atomic E-state index is 0.315. The Labute approximate surface area is 200 Å². The number of carbonyl (C=O) groups is 3. The summed E-state index contributed by atoms with van der Waals surface area (Å²) in [6.07, 6.45) is -1.77. The summed E-state index contributed by atoms with van der Waals surface area (Å²) >= 11 is 0. The molecule has 0 radical (unpaired) electrons. The number of allylic oxidation sites excluding steroid dienone is 3. The van der Waals surface area contributed by atoms with E-state index in [0.717, 1.165) is 5.32 Å². The summed E-state index contributed by atoms with van der Waals surface area (Å²) in [4.78, 5) is 37.1. The van der Waals surface area contributed by atoms with Gasteiger partial charge in [0.25, 0.3) is 5.91 Å². The normalized spacial score (nSPS) is 19.0. The Morgan fingerprint density at radius 2 is 1.66 bits per heavy atom. The van der Waals surface area contributed by atoms with Crippen LogP contribution in [0.5, 0.6) is 0 Å². The molecule has 1 aliphatic carbocycles. The summed E-state index contributed by atoms with van der Waals surface area (Å²) < 4.78 is 71.1. The van der Waals surface area contributed by atoms with E-state index in [9.17, 15) is 41.4 Å². The van der Waals surface area contributed by atoms with Crippen molar-refractivity contribution in [2.24, 2.45) is 11.8 Å². The maximum atomic E-state index is 14.5. The Morgan fingerprint density at radius 3 is 2.11 bits per heavy atom. The minimum atomic E-state index is -4.94. The van der Waals surface area contributed by atoms with E-state index in [1.54, 1.807) is 45.1 Å². The molecule has 3 amide bonds. The molecule has 0 saturated carbocycles. The lowest BCUT2D eigenvalue weighted by Gasteiger charge is -2.34. The molecular weight excluding hydrogens is 481 g/mol. The molecular formula is C22H32F5N3O5. The molecule has 1 aliphatic rings.